The third-order valence-corrected chi connectivity index (χ3v) is 5.25. The molecule has 4 aromatic rings. The smallest absolute Gasteiger partial charge is 0.378 e. The van der Waals surface area contributed by atoms with Crippen LogP contribution in [-0.4, -0.2) is 46.1 Å². The van der Waals surface area contributed by atoms with E-state index in [1.807, 2.05) is 24.3 Å². The average molecular weight is 440 g/mol. The van der Waals surface area contributed by atoms with Gasteiger partial charge in [0.1, 0.15) is 5.56 Å². The number of anilines is 3. The molecule has 1 fully saturated rings. The molecule has 1 aliphatic rings. The molecule has 7 nitrogen and oxygen atoms in total. The zero-order chi connectivity index (χ0) is 22.1. The first-order valence-corrected chi connectivity index (χ1v) is 10.1. The molecule has 0 spiro atoms. The molecular weight excluding hydrogens is 421 g/mol. The van der Waals surface area contributed by atoms with Crippen molar-refractivity contribution in [2.24, 2.45) is 0 Å². The van der Waals surface area contributed by atoms with E-state index in [0.717, 1.165) is 25.0 Å². The first-order valence-electron chi connectivity index (χ1n) is 10.1. The minimum atomic E-state index is -4.62. The summed E-state index contributed by atoms with van der Waals surface area (Å²) in [6.07, 6.45) is -2.33. The molecule has 0 radical (unpaired) electrons. The van der Waals surface area contributed by atoms with Crippen LogP contribution in [0.4, 0.5) is 30.5 Å². The molecular formula is C22H19F3N6O. The van der Waals surface area contributed by atoms with Crippen molar-refractivity contribution >= 4 is 28.2 Å². The van der Waals surface area contributed by atoms with Gasteiger partial charge in [0, 0.05) is 36.0 Å². The highest BCUT2D eigenvalue weighted by molar-refractivity contribution is 5.80. The molecule has 0 aliphatic carbocycles. The van der Waals surface area contributed by atoms with Crippen molar-refractivity contribution in [2.75, 3.05) is 36.5 Å². The Morgan fingerprint density at radius 1 is 0.938 bits per heavy atom. The third kappa shape index (κ3) is 3.96. The van der Waals surface area contributed by atoms with E-state index in [4.69, 9.17) is 4.74 Å². The van der Waals surface area contributed by atoms with Crippen molar-refractivity contribution in [3.8, 4) is 5.82 Å². The second-order valence-corrected chi connectivity index (χ2v) is 7.32. The Labute approximate surface area is 181 Å². The van der Waals surface area contributed by atoms with Crippen molar-refractivity contribution < 1.29 is 17.9 Å². The highest BCUT2D eigenvalue weighted by Gasteiger charge is 2.36. The van der Waals surface area contributed by atoms with Crippen molar-refractivity contribution in [3.63, 3.8) is 0 Å². The van der Waals surface area contributed by atoms with Crippen molar-refractivity contribution in [3.05, 3.63) is 66.5 Å². The number of nitrogens with one attached hydrogen (secondary N) is 1. The largest absolute Gasteiger partial charge is 0.421 e. The van der Waals surface area contributed by atoms with Gasteiger partial charge in [0.2, 0.25) is 5.95 Å². The zero-order valence-corrected chi connectivity index (χ0v) is 16.9. The molecule has 1 N–H and O–H groups in total. The quantitative estimate of drug-likeness (QED) is 0.507. The number of benzene rings is 2. The summed E-state index contributed by atoms with van der Waals surface area (Å²) in [6, 6.07) is 14.6. The van der Waals surface area contributed by atoms with E-state index in [1.165, 1.54) is 10.9 Å². The van der Waals surface area contributed by atoms with Gasteiger partial charge < -0.3 is 15.0 Å². The summed E-state index contributed by atoms with van der Waals surface area (Å²) in [5.41, 5.74) is 1.28. The van der Waals surface area contributed by atoms with E-state index >= 15 is 0 Å². The Morgan fingerprint density at radius 2 is 1.69 bits per heavy atom. The fourth-order valence-electron chi connectivity index (χ4n) is 3.64. The van der Waals surface area contributed by atoms with Crippen LogP contribution in [0.25, 0.3) is 16.7 Å². The number of aromatic nitrogens is 4. The lowest BCUT2D eigenvalue weighted by molar-refractivity contribution is -0.138. The summed E-state index contributed by atoms with van der Waals surface area (Å²) in [4.78, 5) is 10.3. The summed E-state index contributed by atoms with van der Waals surface area (Å²) < 4.78 is 47.6. The Morgan fingerprint density at radius 3 is 2.44 bits per heavy atom. The van der Waals surface area contributed by atoms with Gasteiger partial charge in [-0.05, 0) is 30.3 Å². The number of para-hydroxylation sites is 1. The summed E-state index contributed by atoms with van der Waals surface area (Å²) in [7, 11) is 0. The molecule has 2 aromatic heterocycles. The van der Waals surface area contributed by atoms with Gasteiger partial charge in [-0.25, -0.2) is 9.67 Å². The van der Waals surface area contributed by atoms with E-state index in [2.05, 4.69) is 25.3 Å². The average Bonchev–Trinajstić information content (AvgIpc) is 3.24. The Bertz CT molecular complexity index is 1230. The second kappa shape index (κ2) is 8.12. The van der Waals surface area contributed by atoms with Crippen LogP contribution in [0, 0.1) is 0 Å². The number of ether oxygens (including phenoxy) is 1. The van der Waals surface area contributed by atoms with Crippen LogP contribution in [0.2, 0.25) is 0 Å². The molecule has 164 valence electrons. The number of nitrogens with zero attached hydrogens (tertiary/aromatic N) is 5. The van der Waals surface area contributed by atoms with Gasteiger partial charge in [0.25, 0.3) is 0 Å². The van der Waals surface area contributed by atoms with Gasteiger partial charge in [-0.3, -0.25) is 0 Å². The number of hydrogen-bond donors (Lipinski definition) is 1. The summed E-state index contributed by atoms with van der Waals surface area (Å²) >= 11 is 0. The van der Waals surface area contributed by atoms with Crippen molar-refractivity contribution in [1.29, 1.82) is 0 Å². The number of alkyl halides is 3. The molecule has 0 amide bonds. The number of hydrogen-bond acceptors (Lipinski definition) is 6. The third-order valence-electron chi connectivity index (χ3n) is 5.25. The normalized spacial score (nSPS) is 14.7. The van der Waals surface area contributed by atoms with Gasteiger partial charge in [0.15, 0.2) is 5.82 Å². The number of morpholine rings is 1. The number of fused-ring (bicyclic) bond motifs is 1. The van der Waals surface area contributed by atoms with Crippen LogP contribution in [0.1, 0.15) is 5.56 Å². The maximum Gasteiger partial charge on any atom is 0.421 e. The number of rotatable bonds is 4. The first-order chi connectivity index (χ1) is 15.5. The summed E-state index contributed by atoms with van der Waals surface area (Å²) in [6.45, 7) is 3.00. The molecule has 0 bridgehead atoms. The van der Waals surface area contributed by atoms with E-state index in [1.54, 1.807) is 24.3 Å². The molecule has 0 atom stereocenters. The second-order valence-electron chi connectivity index (χ2n) is 7.32. The molecule has 0 unspecified atom stereocenters. The Kier molecular flexibility index (Phi) is 5.14. The van der Waals surface area contributed by atoms with Crippen LogP contribution in [0.5, 0.6) is 0 Å². The maximum absolute atomic E-state index is 13.7. The van der Waals surface area contributed by atoms with Crippen LogP contribution < -0.4 is 10.2 Å². The molecule has 1 aliphatic heterocycles. The first kappa shape index (κ1) is 20.3. The number of halogens is 3. The molecule has 32 heavy (non-hydrogen) atoms. The highest BCUT2D eigenvalue weighted by Crippen LogP contribution is 2.34. The Balaban J connectivity index is 1.47. The van der Waals surface area contributed by atoms with E-state index in [9.17, 15) is 13.2 Å². The van der Waals surface area contributed by atoms with Crippen LogP contribution in [-0.2, 0) is 10.9 Å². The predicted molar refractivity (Wildman–Crippen MR) is 114 cm³/mol. The monoisotopic (exact) mass is 440 g/mol. The fourth-order valence-corrected chi connectivity index (χ4v) is 3.64. The lowest BCUT2D eigenvalue weighted by Gasteiger charge is -2.28. The van der Waals surface area contributed by atoms with Crippen LogP contribution in [0.3, 0.4) is 0 Å². The lowest BCUT2D eigenvalue weighted by atomic mass is 10.2. The molecule has 2 aromatic carbocycles. The van der Waals surface area contributed by atoms with E-state index in [-0.39, 0.29) is 11.8 Å². The SMILES string of the molecule is FC(F)(F)c1cnc(Nc2ccc(N3CCOCC3)cc2)nc1-n1ncc2ccccc21. The molecule has 1 saturated heterocycles. The maximum atomic E-state index is 13.7. The predicted octanol–water partition coefficient (Wildman–Crippen LogP) is 4.41. The minimum Gasteiger partial charge on any atom is -0.378 e. The topological polar surface area (TPSA) is 68.1 Å². The van der Waals surface area contributed by atoms with Crippen LogP contribution in [0.15, 0.2) is 60.9 Å². The molecule has 10 heteroatoms. The lowest BCUT2D eigenvalue weighted by Crippen LogP contribution is -2.36. The Hall–Kier alpha value is -3.66. The van der Waals surface area contributed by atoms with Gasteiger partial charge in [-0.1, -0.05) is 18.2 Å². The van der Waals surface area contributed by atoms with Crippen LogP contribution >= 0.6 is 0 Å². The van der Waals surface area contributed by atoms with Crippen molar-refractivity contribution in [2.45, 2.75) is 6.18 Å². The minimum absolute atomic E-state index is 0.0479. The fraction of sp³-hybridized carbons (Fsp3) is 0.227. The van der Waals surface area contributed by atoms with Gasteiger partial charge in [-0.2, -0.15) is 23.3 Å². The molecule has 3 heterocycles. The standard InChI is InChI=1S/C22H19F3N6O/c23-22(24,25)18-14-26-21(29-20(18)31-19-4-2-1-3-15(19)13-27-31)28-16-5-7-17(8-6-16)30-9-11-32-12-10-30/h1-8,13-14H,9-12H2,(H,26,28,29). The zero-order valence-electron chi connectivity index (χ0n) is 16.9. The van der Waals surface area contributed by atoms with Gasteiger partial charge >= 0.3 is 6.18 Å². The molecule has 5 rings (SSSR count). The van der Waals surface area contributed by atoms with Gasteiger partial charge in [-0.15, -0.1) is 0 Å². The van der Waals surface area contributed by atoms with E-state index in [0.29, 0.717) is 29.8 Å². The summed E-state index contributed by atoms with van der Waals surface area (Å²) in [5.74, 6) is -0.284. The highest BCUT2D eigenvalue weighted by atomic mass is 19.4. The molecule has 0 saturated carbocycles. The van der Waals surface area contributed by atoms with Crippen molar-refractivity contribution in [1.82, 2.24) is 19.7 Å². The van der Waals surface area contributed by atoms with Gasteiger partial charge in [0.05, 0.1) is 24.9 Å². The van der Waals surface area contributed by atoms with E-state index < -0.39 is 11.7 Å². The summed E-state index contributed by atoms with van der Waals surface area (Å²) in [5, 5.41) is 7.84.